The van der Waals surface area contributed by atoms with Crippen molar-refractivity contribution in [3.63, 3.8) is 0 Å². The van der Waals surface area contributed by atoms with Crippen LogP contribution in [0.25, 0.3) is 0 Å². The summed E-state index contributed by atoms with van der Waals surface area (Å²) in [6.07, 6.45) is 0. The molecule has 0 bridgehead atoms. The molecule has 0 aliphatic rings. The van der Waals surface area contributed by atoms with Crippen LogP contribution in [0, 0.1) is 12.7 Å². The van der Waals surface area contributed by atoms with E-state index in [1.807, 2.05) is 19.1 Å². The van der Waals surface area contributed by atoms with E-state index >= 15 is 0 Å². The Morgan fingerprint density at radius 1 is 0.821 bits per heavy atom. The molecular weight excluding hydrogens is 519 g/mol. The molecule has 0 radical (unpaired) electrons. The number of nitrogens with one attached hydrogen (secondary N) is 1. The Hall–Kier alpha value is -4.37. The molecule has 4 rings (SSSR count). The SMILES string of the molecule is COc1ccc(N(CC(=O)NCc2ccc(OCc3ccc(F)cc3)cc2)S(=O)(=O)c2ccc(C)cc2)cc1. The lowest BCUT2D eigenvalue weighted by molar-refractivity contribution is -0.119. The van der Waals surface area contributed by atoms with Crippen LogP contribution in [0.4, 0.5) is 10.1 Å². The molecule has 0 aromatic heterocycles. The molecule has 4 aromatic carbocycles. The van der Waals surface area contributed by atoms with Gasteiger partial charge in [-0.05, 0) is 78.7 Å². The van der Waals surface area contributed by atoms with Gasteiger partial charge < -0.3 is 14.8 Å². The number of halogens is 1. The Labute approximate surface area is 227 Å². The molecule has 4 aromatic rings. The van der Waals surface area contributed by atoms with E-state index in [1.54, 1.807) is 60.7 Å². The number of nitrogens with zero attached hydrogens (tertiary/aromatic N) is 1. The first-order valence-corrected chi connectivity index (χ1v) is 13.6. The smallest absolute Gasteiger partial charge is 0.264 e. The molecule has 0 heterocycles. The van der Waals surface area contributed by atoms with E-state index in [1.165, 1.54) is 31.4 Å². The zero-order chi connectivity index (χ0) is 27.8. The predicted octanol–water partition coefficient (Wildman–Crippen LogP) is 5.23. The predicted molar refractivity (Wildman–Crippen MR) is 148 cm³/mol. The maximum absolute atomic E-state index is 13.5. The first-order valence-electron chi connectivity index (χ1n) is 12.2. The lowest BCUT2D eigenvalue weighted by Gasteiger charge is -2.24. The zero-order valence-corrected chi connectivity index (χ0v) is 22.5. The van der Waals surface area contributed by atoms with Gasteiger partial charge >= 0.3 is 0 Å². The van der Waals surface area contributed by atoms with E-state index in [0.29, 0.717) is 23.8 Å². The van der Waals surface area contributed by atoms with Crippen molar-refractivity contribution in [2.75, 3.05) is 18.0 Å². The van der Waals surface area contributed by atoms with Crippen molar-refractivity contribution in [3.8, 4) is 11.5 Å². The van der Waals surface area contributed by atoms with Crippen LogP contribution in [-0.2, 0) is 28.0 Å². The lowest BCUT2D eigenvalue weighted by Crippen LogP contribution is -2.40. The maximum atomic E-state index is 13.5. The van der Waals surface area contributed by atoms with Crippen LogP contribution in [0.15, 0.2) is 102 Å². The summed E-state index contributed by atoms with van der Waals surface area (Å²) in [5, 5.41) is 2.79. The Balaban J connectivity index is 1.41. The summed E-state index contributed by atoms with van der Waals surface area (Å²) in [5.74, 6) is 0.438. The molecule has 0 unspecified atom stereocenters. The van der Waals surface area contributed by atoms with Crippen molar-refractivity contribution in [3.05, 3.63) is 120 Å². The number of methoxy groups -OCH3 is 1. The number of benzene rings is 4. The van der Waals surface area contributed by atoms with Gasteiger partial charge in [-0.1, -0.05) is 42.0 Å². The first-order chi connectivity index (χ1) is 18.7. The average Bonchev–Trinajstić information content (AvgIpc) is 2.95. The number of hydrogen-bond donors (Lipinski definition) is 1. The van der Waals surface area contributed by atoms with Crippen LogP contribution < -0.4 is 19.1 Å². The summed E-state index contributed by atoms with van der Waals surface area (Å²) in [6.45, 7) is 1.97. The third-order valence-corrected chi connectivity index (χ3v) is 7.78. The number of sulfonamides is 1. The molecule has 1 amide bonds. The minimum absolute atomic E-state index is 0.0907. The zero-order valence-electron chi connectivity index (χ0n) is 21.6. The summed E-state index contributed by atoms with van der Waals surface area (Å²) in [6, 6.07) is 26.2. The van der Waals surface area contributed by atoms with E-state index in [-0.39, 0.29) is 17.3 Å². The van der Waals surface area contributed by atoms with Crippen LogP contribution in [0.3, 0.4) is 0 Å². The van der Waals surface area contributed by atoms with E-state index < -0.39 is 22.5 Å². The van der Waals surface area contributed by atoms with Crippen molar-refractivity contribution in [2.24, 2.45) is 0 Å². The van der Waals surface area contributed by atoms with Crippen molar-refractivity contribution < 1.29 is 27.1 Å². The summed E-state index contributed by atoms with van der Waals surface area (Å²) >= 11 is 0. The Morgan fingerprint density at radius 2 is 1.41 bits per heavy atom. The molecule has 39 heavy (non-hydrogen) atoms. The average molecular weight is 549 g/mol. The second kappa shape index (κ2) is 12.4. The van der Waals surface area contributed by atoms with Crippen molar-refractivity contribution in [1.29, 1.82) is 0 Å². The number of hydrogen-bond acceptors (Lipinski definition) is 5. The van der Waals surface area contributed by atoms with Crippen molar-refractivity contribution in [2.45, 2.75) is 25.0 Å². The highest BCUT2D eigenvalue weighted by Gasteiger charge is 2.27. The molecule has 0 atom stereocenters. The third kappa shape index (κ3) is 7.36. The molecule has 1 N–H and O–H groups in total. The second-order valence-electron chi connectivity index (χ2n) is 8.86. The number of amides is 1. The quantitative estimate of drug-likeness (QED) is 0.277. The molecule has 202 valence electrons. The van der Waals surface area contributed by atoms with Gasteiger partial charge in [0.05, 0.1) is 17.7 Å². The van der Waals surface area contributed by atoms with Crippen LogP contribution in [0.1, 0.15) is 16.7 Å². The molecule has 0 aliphatic heterocycles. The fraction of sp³-hybridized carbons (Fsp3) is 0.167. The molecule has 0 saturated carbocycles. The fourth-order valence-electron chi connectivity index (χ4n) is 3.74. The van der Waals surface area contributed by atoms with Crippen LogP contribution in [-0.4, -0.2) is 28.0 Å². The Bertz CT molecular complexity index is 1490. The minimum atomic E-state index is -4.01. The molecule has 0 aliphatic carbocycles. The van der Waals surface area contributed by atoms with Gasteiger partial charge in [-0.3, -0.25) is 9.10 Å². The van der Waals surface area contributed by atoms with Crippen molar-refractivity contribution in [1.82, 2.24) is 5.32 Å². The highest BCUT2D eigenvalue weighted by Crippen LogP contribution is 2.26. The van der Waals surface area contributed by atoms with Crippen LogP contribution in [0.5, 0.6) is 11.5 Å². The van der Waals surface area contributed by atoms with E-state index in [2.05, 4.69) is 5.32 Å². The minimum Gasteiger partial charge on any atom is -0.497 e. The maximum Gasteiger partial charge on any atom is 0.264 e. The number of carbonyl (C=O) groups excluding carboxylic acids is 1. The number of carbonyl (C=O) groups is 1. The number of aryl methyl sites for hydroxylation is 1. The lowest BCUT2D eigenvalue weighted by atomic mass is 10.2. The molecule has 9 heteroatoms. The highest BCUT2D eigenvalue weighted by atomic mass is 32.2. The van der Waals surface area contributed by atoms with Gasteiger partial charge in [-0.15, -0.1) is 0 Å². The monoisotopic (exact) mass is 548 g/mol. The Morgan fingerprint density at radius 3 is 2.03 bits per heavy atom. The second-order valence-corrected chi connectivity index (χ2v) is 10.7. The van der Waals surface area contributed by atoms with Gasteiger partial charge in [0.15, 0.2) is 0 Å². The largest absolute Gasteiger partial charge is 0.497 e. The van der Waals surface area contributed by atoms with Gasteiger partial charge in [0.1, 0.15) is 30.5 Å². The number of anilines is 1. The molecular formula is C30H29FN2O5S. The standard InChI is InChI=1S/C30H29FN2O5S/c1-22-3-17-29(18-4-22)39(35,36)33(26-11-15-27(37-2)16-12-26)20-30(34)32-19-23-7-13-28(14-8-23)38-21-24-5-9-25(31)10-6-24/h3-18H,19-21H2,1-2H3,(H,32,34). The van der Waals surface area contributed by atoms with Gasteiger partial charge in [0.25, 0.3) is 10.0 Å². The van der Waals surface area contributed by atoms with Crippen LogP contribution >= 0.6 is 0 Å². The van der Waals surface area contributed by atoms with Crippen LogP contribution in [0.2, 0.25) is 0 Å². The summed E-state index contributed by atoms with van der Waals surface area (Å²) in [7, 11) is -2.49. The number of ether oxygens (including phenoxy) is 2. The van der Waals surface area contributed by atoms with Gasteiger partial charge in [0, 0.05) is 6.54 Å². The van der Waals surface area contributed by atoms with Gasteiger partial charge in [0.2, 0.25) is 5.91 Å². The van der Waals surface area contributed by atoms with E-state index in [4.69, 9.17) is 9.47 Å². The summed E-state index contributed by atoms with van der Waals surface area (Å²) in [4.78, 5) is 13.0. The third-order valence-electron chi connectivity index (χ3n) is 5.99. The number of rotatable bonds is 11. The van der Waals surface area contributed by atoms with Gasteiger partial charge in [-0.2, -0.15) is 0 Å². The molecule has 7 nitrogen and oxygen atoms in total. The van der Waals surface area contributed by atoms with E-state index in [9.17, 15) is 17.6 Å². The van der Waals surface area contributed by atoms with Crippen molar-refractivity contribution >= 4 is 21.6 Å². The highest BCUT2D eigenvalue weighted by molar-refractivity contribution is 7.92. The summed E-state index contributed by atoms with van der Waals surface area (Å²) in [5.41, 5.74) is 2.92. The molecule has 0 fully saturated rings. The molecule has 0 spiro atoms. The topological polar surface area (TPSA) is 84.9 Å². The Kier molecular flexibility index (Phi) is 8.83. The normalized spacial score (nSPS) is 11.1. The first kappa shape index (κ1) is 27.7. The van der Waals surface area contributed by atoms with Gasteiger partial charge in [-0.25, -0.2) is 12.8 Å². The molecule has 0 saturated heterocycles. The fourth-order valence-corrected chi connectivity index (χ4v) is 5.16. The van der Waals surface area contributed by atoms with E-state index in [0.717, 1.165) is 21.0 Å². The summed E-state index contributed by atoms with van der Waals surface area (Å²) < 4.78 is 52.1.